The molecule has 0 aliphatic carbocycles. The van der Waals surface area contributed by atoms with E-state index in [1.165, 1.54) is 0 Å². The molecule has 0 saturated heterocycles. The number of hydrogen-bond donors (Lipinski definition) is 0. The fraction of sp³-hybridized carbons (Fsp3) is 0.900. The van der Waals surface area contributed by atoms with Crippen molar-refractivity contribution in [2.24, 2.45) is 0 Å². The lowest BCUT2D eigenvalue weighted by molar-refractivity contribution is -0.151. The standard InChI is InChI=1S/C10H20O3/c1-6-9(11)12-7-8(2)13-10(3,4)5/h8H,6-7H2,1-5H3. The second-order valence-electron chi connectivity index (χ2n) is 4.08. The van der Waals surface area contributed by atoms with Crippen LogP contribution in [0.3, 0.4) is 0 Å². The van der Waals surface area contributed by atoms with E-state index < -0.39 is 0 Å². The van der Waals surface area contributed by atoms with Crippen molar-refractivity contribution >= 4 is 5.97 Å². The highest BCUT2D eigenvalue weighted by Crippen LogP contribution is 2.10. The topological polar surface area (TPSA) is 35.5 Å². The van der Waals surface area contributed by atoms with Gasteiger partial charge in [0.05, 0.1) is 11.7 Å². The van der Waals surface area contributed by atoms with E-state index in [1.807, 2.05) is 27.7 Å². The molecule has 0 N–H and O–H groups in total. The summed E-state index contributed by atoms with van der Waals surface area (Å²) in [6.07, 6.45) is 0.373. The molecule has 0 heterocycles. The van der Waals surface area contributed by atoms with E-state index in [-0.39, 0.29) is 17.7 Å². The van der Waals surface area contributed by atoms with Crippen molar-refractivity contribution in [1.82, 2.24) is 0 Å². The van der Waals surface area contributed by atoms with Gasteiger partial charge in [-0.05, 0) is 27.7 Å². The smallest absolute Gasteiger partial charge is 0.305 e. The van der Waals surface area contributed by atoms with Gasteiger partial charge in [0.2, 0.25) is 0 Å². The maximum absolute atomic E-state index is 10.8. The van der Waals surface area contributed by atoms with Gasteiger partial charge in [0.1, 0.15) is 6.61 Å². The number of ether oxygens (including phenoxy) is 2. The highest BCUT2D eigenvalue weighted by atomic mass is 16.6. The lowest BCUT2D eigenvalue weighted by Gasteiger charge is -2.24. The van der Waals surface area contributed by atoms with Crippen LogP contribution in [0.1, 0.15) is 41.0 Å². The van der Waals surface area contributed by atoms with Gasteiger partial charge in [-0.3, -0.25) is 4.79 Å². The Kier molecular flexibility index (Phi) is 4.99. The Hall–Kier alpha value is -0.570. The minimum absolute atomic E-state index is 0.0458. The van der Waals surface area contributed by atoms with Gasteiger partial charge in [0, 0.05) is 6.42 Å². The predicted molar refractivity (Wildman–Crippen MR) is 51.6 cm³/mol. The number of carbonyl (C=O) groups is 1. The van der Waals surface area contributed by atoms with Gasteiger partial charge in [-0.25, -0.2) is 0 Å². The number of esters is 1. The zero-order valence-electron chi connectivity index (χ0n) is 9.22. The summed E-state index contributed by atoms with van der Waals surface area (Å²) in [6, 6.07) is 0. The van der Waals surface area contributed by atoms with Crippen LogP contribution in [0.15, 0.2) is 0 Å². The van der Waals surface area contributed by atoms with Gasteiger partial charge in [0.25, 0.3) is 0 Å². The lowest BCUT2D eigenvalue weighted by atomic mass is 10.2. The number of rotatable bonds is 4. The molecule has 1 atom stereocenters. The Morgan fingerprint density at radius 1 is 1.38 bits per heavy atom. The van der Waals surface area contributed by atoms with Crippen LogP contribution in [0.5, 0.6) is 0 Å². The fourth-order valence-electron chi connectivity index (χ4n) is 0.950. The van der Waals surface area contributed by atoms with Crippen molar-refractivity contribution in [3.63, 3.8) is 0 Å². The van der Waals surface area contributed by atoms with E-state index in [0.717, 1.165) is 0 Å². The lowest BCUT2D eigenvalue weighted by Crippen LogP contribution is -2.29. The van der Waals surface area contributed by atoms with E-state index in [4.69, 9.17) is 9.47 Å². The van der Waals surface area contributed by atoms with E-state index in [1.54, 1.807) is 6.92 Å². The van der Waals surface area contributed by atoms with Crippen molar-refractivity contribution in [3.8, 4) is 0 Å². The molecule has 0 spiro atoms. The van der Waals surface area contributed by atoms with E-state index in [0.29, 0.717) is 13.0 Å². The molecule has 3 nitrogen and oxygen atoms in total. The Labute approximate surface area is 80.4 Å². The van der Waals surface area contributed by atoms with Crippen LogP contribution in [0.4, 0.5) is 0 Å². The van der Waals surface area contributed by atoms with Crippen molar-refractivity contribution in [2.75, 3.05) is 6.61 Å². The molecule has 3 heteroatoms. The second kappa shape index (κ2) is 5.22. The molecule has 0 radical (unpaired) electrons. The predicted octanol–water partition coefficient (Wildman–Crippen LogP) is 2.14. The highest BCUT2D eigenvalue weighted by molar-refractivity contribution is 5.68. The molecule has 0 aromatic carbocycles. The second-order valence-corrected chi connectivity index (χ2v) is 4.08. The Bertz CT molecular complexity index is 158. The van der Waals surface area contributed by atoms with Crippen molar-refractivity contribution in [2.45, 2.75) is 52.7 Å². The molecule has 13 heavy (non-hydrogen) atoms. The van der Waals surface area contributed by atoms with Crippen molar-refractivity contribution < 1.29 is 14.3 Å². The molecule has 0 fully saturated rings. The first kappa shape index (κ1) is 12.4. The molecule has 0 aromatic heterocycles. The third-order valence-electron chi connectivity index (χ3n) is 1.32. The molecule has 0 aromatic rings. The van der Waals surface area contributed by atoms with Crippen LogP contribution in [0.2, 0.25) is 0 Å². The minimum atomic E-state index is -0.183. The molecule has 0 saturated carbocycles. The SMILES string of the molecule is CCC(=O)OCC(C)OC(C)(C)C. The quantitative estimate of drug-likeness (QED) is 0.634. The monoisotopic (exact) mass is 188 g/mol. The van der Waals surface area contributed by atoms with Gasteiger partial charge in [-0.1, -0.05) is 6.92 Å². The van der Waals surface area contributed by atoms with Crippen LogP contribution in [0.25, 0.3) is 0 Å². The molecule has 0 amide bonds. The summed E-state index contributed by atoms with van der Waals surface area (Å²) in [5.41, 5.74) is -0.183. The summed E-state index contributed by atoms with van der Waals surface area (Å²) >= 11 is 0. The molecular weight excluding hydrogens is 168 g/mol. The summed E-state index contributed by atoms with van der Waals surface area (Å²) in [5, 5.41) is 0. The Morgan fingerprint density at radius 3 is 2.31 bits per heavy atom. The zero-order chi connectivity index (χ0) is 10.5. The van der Waals surface area contributed by atoms with E-state index in [2.05, 4.69) is 0 Å². The maximum atomic E-state index is 10.8. The van der Waals surface area contributed by atoms with Crippen LogP contribution in [0, 0.1) is 0 Å². The Balaban J connectivity index is 3.63. The number of hydrogen-bond acceptors (Lipinski definition) is 3. The molecule has 0 bridgehead atoms. The first-order valence-electron chi connectivity index (χ1n) is 4.68. The third kappa shape index (κ3) is 7.78. The average Bonchev–Trinajstić information content (AvgIpc) is 1.97. The van der Waals surface area contributed by atoms with Crippen LogP contribution >= 0.6 is 0 Å². The summed E-state index contributed by atoms with van der Waals surface area (Å²) in [6.45, 7) is 9.94. The fourth-order valence-corrected chi connectivity index (χ4v) is 0.950. The molecule has 0 rings (SSSR count). The first-order valence-corrected chi connectivity index (χ1v) is 4.68. The van der Waals surface area contributed by atoms with E-state index >= 15 is 0 Å². The van der Waals surface area contributed by atoms with E-state index in [9.17, 15) is 4.79 Å². The third-order valence-corrected chi connectivity index (χ3v) is 1.32. The van der Waals surface area contributed by atoms with Gasteiger partial charge in [0.15, 0.2) is 0 Å². The summed E-state index contributed by atoms with van der Waals surface area (Å²) < 4.78 is 10.5. The van der Waals surface area contributed by atoms with Gasteiger partial charge < -0.3 is 9.47 Å². The first-order chi connectivity index (χ1) is 5.85. The summed E-state index contributed by atoms with van der Waals surface area (Å²) in [4.78, 5) is 10.8. The molecule has 0 aliphatic rings. The molecule has 1 unspecified atom stereocenters. The average molecular weight is 188 g/mol. The van der Waals surface area contributed by atoms with Crippen LogP contribution in [-0.2, 0) is 14.3 Å². The van der Waals surface area contributed by atoms with Crippen LogP contribution in [-0.4, -0.2) is 24.3 Å². The summed E-state index contributed by atoms with van der Waals surface area (Å²) in [5.74, 6) is -0.177. The van der Waals surface area contributed by atoms with Gasteiger partial charge >= 0.3 is 5.97 Å². The summed E-state index contributed by atoms with van der Waals surface area (Å²) in [7, 11) is 0. The van der Waals surface area contributed by atoms with Gasteiger partial charge in [-0.15, -0.1) is 0 Å². The van der Waals surface area contributed by atoms with Crippen LogP contribution < -0.4 is 0 Å². The van der Waals surface area contributed by atoms with Crippen molar-refractivity contribution in [1.29, 1.82) is 0 Å². The molecule has 78 valence electrons. The maximum Gasteiger partial charge on any atom is 0.305 e. The largest absolute Gasteiger partial charge is 0.463 e. The highest BCUT2D eigenvalue weighted by Gasteiger charge is 2.15. The normalized spacial score (nSPS) is 13.9. The zero-order valence-corrected chi connectivity index (χ0v) is 9.22. The van der Waals surface area contributed by atoms with Crippen molar-refractivity contribution in [3.05, 3.63) is 0 Å². The number of carbonyl (C=O) groups excluding carboxylic acids is 1. The molecular formula is C10H20O3. The Morgan fingerprint density at radius 2 is 1.92 bits per heavy atom. The molecule has 0 aliphatic heterocycles. The minimum Gasteiger partial charge on any atom is -0.463 e. The van der Waals surface area contributed by atoms with Gasteiger partial charge in [-0.2, -0.15) is 0 Å².